The van der Waals surface area contributed by atoms with E-state index in [9.17, 15) is 8.42 Å². The predicted molar refractivity (Wildman–Crippen MR) is 74.2 cm³/mol. The third-order valence-electron chi connectivity index (χ3n) is 2.65. The first-order valence-corrected chi connectivity index (χ1v) is 7.76. The summed E-state index contributed by atoms with van der Waals surface area (Å²) < 4.78 is 25.3. The van der Waals surface area contributed by atoms with Gasteiger partial charge in [-0.3, -0.25) is 0 Å². The molecule has 0 spiro atoms. The first-order valence-electron chi connectivity index (χ1n) is 6.15. The molecule has 5 nitrogen and oxygen atoms in total. The number of pyridine rings is 1. The summed E-state index contributed by atoms with van der Waals surface area (Å²) in [5.41, 5.74) is 0.909. The monoisotopic (exact) mass is 271 g/mol. The Morgan fingerprint density at radius 2 is 1.94 bits per heavy atom. The minimum absolute atomic E-state index is 0.0876. The van der Waals surface area contributed by atoms with Crippen LogP contribution in [0.1, 0.15) is 19.5 Å². The quantitative estimate of drug-likeness (QED) is 0.816. The number of nitrogens with zero attached hydrogens (tertiary/aromatic N) is 2. The van der Waals surface area contributed by atoms with E-state index < -0.39 is 10.0 Å². The Morgan fingerprint density at radius 1 is 1.28 bits per heavy atom. The van der Waals surface area contributed by atoms with Crippen LogP contribution in [0.25, 0.3) is 0 Å². The van der Waals surface area contributed by atoms with Crippen LogP contribution < -0.4 is 5.32 Å². The van der Waals surface area contributed by atoms with Gasteiger partial charge in [-0.2, -0.15) is 0 Å². The van der Waals surface area contributed by atoms with Gasteiger partial charge in [0.1, 0.15) is 5.82 Å². The molecule has 0 aliphatic carbocycles. The highest BCUT2D eigenvalue weighted by atomic mass is 32.2. The third-order valence-corrected chi connectivity index (χ3v) is 4.68. The van der Waals surface area contributed by atoms with Crippen molar-refractivity contribution in [3.63, 3.8) is 0 Å². The SMILES string of the molecule is CCN(CC)S(=O)(=O)CCNc1cccc(C)n1. The van der Waals surface area contributed by atoms with Crippen LogP contribution in [0, 0.1) is 6.92 Å². The summed E-state index contributed by atoms with van der Waals surface area (Å²) in [6, 6.07) is 5.62. The lowest BCUT2D eigenvalue weighted by Crippen LogP contribution is -2.34. The Morgan fingerprint density at radius 3 is 2.50 bits per heavy atom. The van der Waals surface area contributed by atoms with Gasteiger partial charge in [0.2, 0.25) is 10.0 Å². The highest BCUT2D eigenvalue weighted by molar-refractivity contribution is 7.89. The maximum Gasteiger partial charge on any atom is 0.215 e. The number of rotatable bonds is 7. The highest BCUT2D eigenvalue weighted by Gasteiger charge is 2.17. The maximum atomic E-state index is 11.9. The van der Waals surface area contributed by atoms with E-state index in [4.69, 9.17) is 0 Å². The van der Waals surface area contributed by atoms with Crippen molar-refractivity contribution in [1.29, 1.82) is 0 Å². The number of aryl methyl sites for hydroxylation is 1. The van der Waals surface area contributed by atoms with Gasteiger partial charge in [-0.25, -0.2) is 17.7 Å². The number of anilines is 1. The molecular formula is C12H21N3O2S. The van der Waals surface area contributed by atoms with Gasteiger partial charge < -0.3 is 5.32 Å². The van der Waals surface area contributed by atoms with E-state index in [1.54, 1.807) is 0 Å². The number of sulfonamides is 1. The van der Waals surface area contributed by atoms with Gasteiger partial charge in [-0.1, -0.05) is 19.9 Å². The van der Waals surface area contributed by atoms with Crippen LogP contribution in [0.4, 0.5) is 5.82 Å². The molecule has 0 aromatic carbocycles. The molecule has 6 heteroatoms. The van der Waals surface area contributed by atoms with Gasteiger partial charge in [-0.05, 0) is 19.1 Å². The topological polar surface area (TPSA) is 62.3 Å². The Bertz CT molecular complexity index is 470. The van der Waals surface area contributed by atoms with E-state index in [-0.39, 0.29) is 5.75 Å². The fourth-order valence-corrected chi connectivity index (χ4v) is 3.10. The molecule has 1 N–H and O–H groups in total. The van der Waals surface area contributed by atoms with Gasteiger partial charge in [-0.15, -0.1) is 0 Å². The average molecular weight is 271 g/mol. The van der Waals surface area contributed by atoms with Crippen molar-refractivity contribution in [2.24, 2.45) is 0 Å². The van der Waals surface area contributed by atoms with E-state index in [1.807, 2.05) is 39.0 Å². The molecule has 0 saturated carbocycles. The van der Waals surface area contributed by atoms with E-state index in [1.165, 1.54) is 4.31 Å². The summed E-state index contributed by atoms with van der Waals surface area (Å²) in [7, 11) is -3.16. The summed E-state index contributed by atoms with van der Waals surface area (Å²) >= 11 is 0. The summed E-state index contributed by atoms with van der Waals surface area (Å²) in [5.74, 6) is 0.800. The number of nitrogens with one attached hydrogen (secondary N) is 1. The van der Waals surface area contributed by atoms with Gasteiger partial charge in [0.05, 0.1) is 5.75 Å². The van der Waals surface area contributed by atoms with Crippen molar-refractivity contribution in [2.45, 2.75) is 20.8 Å². The normalized spacial score (nSPS) is 11.8. The maximum absolute atomic E-state index is 11.9. The zero-order chi connectivity index (χ0) is 13.6. The number of aromatic nitrogens is 1. The van der Waals surface area contributed by atoms with E-state index in [0.29, 0.717) is 25.5 Å². The molecule has 1 rings (SSSR count). The molecule has 1 aromatic rings. The van der Waals surface area contributed by atoms with Crippen LogP contribution in [0.5, 0.6) is 0 Å². The predicted octanol–water partition coefficient (Wildman–Crippen LogP) is 1.47. The molecular weight excluding hydrogens is 250 g/mol. The first kappa shape index (κ1) is 14.9. The van der Waals surface area contributed by atoms with Crippen molar-refractivity contribution in [3.05, 3.63) is 23.9 Å². The molecule has 0 aliphatic rings. The molecule has 1 aromatic heterocycles. The van der Waals surface area contributed by atoms with Crippen LogP contribution >= 0.6 is 0 Å². The molecule has 0 atom stereocenters. The zero-order valence-corrected chi connectivity index (χ0v) is 12.0. The summed E-state index contributed by atoms with van der Waals surface area (Å²) in [5, 5.41) is 3.03. The smallest absolute Gasteiger partial charge is 0.215 e. The van der Waals surface area contributed by atoms with Crippen molar-refractivity contribution >= 4 is 15.8 Å². The molecule has 0 unspecified atom stereocenters. The van der Waals surface area contributed by atoms with Gasteiger partial charge in [0.15, 0.2) is 0 Å². The second-order valence-electron chi connectivity index (χ2n) is 3.99. The standard InChI is InChI=1S/C12H21N3O2S/c1-4-15(5-2)18(16,17)10-9-13-12-8-6-7-11(3)14-12/h6-8H,4-5,9-10H2,1-3H3,(H,13,14). The van der Waals surface area contributed by atoms with Crippen LogP contribution in [-0.4, -0.2) is 43.1 Å². The van der Waals surface area contributed by atoms with Crippen molar-refractivity contribution in [1.82, 2.24) is 9.29 Å². The molecule has 1 heterocycles. The molecule has 0 bridgehead atoms. The van der Waals surface area contributed by atoms with Gasteiger partial charge in [0.25, 0.3) is 0 Å². The molecule has 0 fully saturated rings. The molecule has 0 amide bonds. The molecule has 0 saturated heterocycles. The number of hydrogen-bond donors (Lipinski definition) is 1. The first-order chi connectivity index (χ1) is 8.49. The summed E-state index contributed by atoms with van der Waals surface area (Å²) in [6.45, 7) is 6.99. The third kappa shape index (κ3) is 4.27. The van der Waals surface area contributed by atoms with Crippen LogP contribution in [0.3, 0.4) is 0 Å². The lowest BCUT2D eigenvalue weighted by atomic mass is 10.4. The van der Waals surface area contributed by atoms with E-state index >= 15 is 0 Å². The Balaban J connectivity index is 2.51. The minimum Gasteiger partial charge on any atom is -0.369 e. The second-order valence-corrected chi connectivity index (χ2v) is 6.08. The molecule has 102 valence electrons. The second kappa shape index (κ2) is 6.70. The molecule has 0 aliphatic heterocycles. The minimum atomic E-state index is -3.16. The lowest BCUT2D eigenvalue weighted by Gasteiger charge is -2.18. The van der Waals surface area contributed by atoms with E-state index in [2.05, 4.69) is 10.3 Å². The van der Waals surface area contributed by atoms with Gasteiger partial charge in [0, 0.05) is 25.3 Å². The highest BCUT2D eigenvalue weighted by Crippen LogP contribution is 2.05. The number of hydrogen-bond acceptors (Lipinski definition) is 4. The van der Waals surface area contributed by atoms with Gasteiger partial charge >= 0.3 is 0 Å². The lowest BCUT2D eigenvalue weighted by molar-refractivity contribution is 0.446. The summed E-state index contributed by atoms with van der Waals surface area (Å²) in [4.78, 5) is 4.26. The Labute approximate surface area is 109 Å². The Kier molecular flexibility index (Phi) is 5.55. The largest absolute Gasteiger partial charge is 0.369 e. The summed E-state index contributed by atoms with van der Waals surface area (Å²) in [6.07, 6.45) is 0. The van der Waals surface area contributed by atoms with Crippen LogP contribution in [-0.2, 0) is 10.0 Å². The molecule has 18 heavy (non-hydrogen) atoms. The fourth-order valence-electron chi connectivity index (χ4n) is 1.70. The van der Waals surface area contributed by atoms with Crippen LogP contribution in [0.15, 0.2) is 18.2 Å². The van der Waals surface area contributed by atoms with Crippen molar-refractivity contribution < 1.29 is 8.42 Å². The fraction of sp³-hybridized carbons (Fsp3) is 0.583. The van der Waals surface area contributed by atoms with Crippen molar-refractivity contribution in [3.8, 4) is 0 Å². The zero-order valence-electron chi connectivity index (χ0n) is 11.2. The van der Waals surface area contributed by atoms with Crippen molar-refractivity contribution in [2.75, 3.05) is 30.7 Å². The van der Waals surface area contributed by atoms with Crippen LogP contribution in [0.2, 0.25) is 0 Å². The molecule has 0 radical (unpaired) electrons. The Hall–Kier alpha value is -1.14. The average Bonchev–Trinajstić information content (AvgIpc) is 2.30. The van der Waals surface area contributed by atoms with E-state index in [0.717, 1.165) is 5.69 Å².